The van der Waals surface area contributed by atoms with E-state index in [2.05, 4.69) is 108 Å². The molecule has 264 valence electrons. The van der Waals surface area contributed by atoms with Gasteiger partial charge < -0.3 is 0 Å². The largest absolute Gasteiger partial charge is 0.214 e. The van der Waals surface area contributed by atoms with E-state index in [-0.39, 0.29) is 10.8 Å². The molecule has 0 aliphatic heterocycles. The summed E-state index contributed by atoms with van der Waals surface area (Å²) in [6.07, 6.45) is 0. The summed E-state index contributed by atoms with van der Waals surface area (Å²) < 4.78 is 1.04. The fourth-order valence-corrected chi connectivity index (χ4v) is 11.6. The number of hydrogen-bond acceptors (Lipinski definition) is 0. The second-order valence-electron chi connectivity index (χ2n) is 15.1. The maximum absolute atomic E-state index is 6.65. The Bertz CT molecular complexity index is 2350. The molecule has 0 saturated heterocycles. The second-order valence-corrected chi connectivity index (χ2v) is 24.1. The van der Waals surface area contributed by atoms with Crippen molar-refractivity contribution in [2.45, 2.75) is 52.4 Å². The van der Waals surface area contributed by atoms with Crippen LogP contribution in [0.4, 0.5) is 0 Å². The molecule has 0 amide bonds. The molecule has 8 aromatic carbocycles. The van der Waals surface area contributed by atoms with Crippen molar-refractivity contribution in [1.29, 1.82) is 0 Å². The van der Waals surface area contributed by atoms with Gasteiger partial charge in [-0.15, -0.1) is 39.7 Å². The van der Waals surface area contributed by atoms with Crippen LogP contribution in [0.15, 0.2) is 146 Å². The van der Waals surface area contributed by atoms with Crippen LogP contribution in [0.5, 0.6) is 0 Å². The molecule has 0 radical (unpaired) electrons. The second kappa shape index (κ2) is 16.1. The summed E-state index contributed by atoms with van der Waals surface area (Å²) in [6.45, 7) is 13.6. The molecule has 0 spiro atoms. The first-order valence-corrected chi connectivity index (χ1v) is 25.8. The van der Waals surface area contributed by atoms with Gasteiger partial charge in [0.15, 0.2) is 0 Å². The Balaban J connectivity index is 0.000000160. The topological polar surface area (TPSA) is 0 Å². The van der Waals surface area contributed by atoms with E-state index in [4.69, 9.17) is 40.2 Å². The first-order chi connectivity index (χ1) is 24.7. The van der Waals surface area contributed by atoms with Crippen molar-refractivity contribution < 1.29 is 18.9 Å². The third-order valence-electron chi connectivity index (χ3n) is 9.46. The molecule has 0 unspecified atom stereocenters. The fourth-order valence-electron chi connectivity index (χ4n) is 6.60. The molecule has 0 nitrogen and oxygen atoms in total. The molecule has 0 aliphatic rings. The quantitative estimate of drug-likeness (QED) is 0.152. The molecule has 0 fully saturated rings. The van der Waals surface area contributed by atoms with Gasteiger partial charge in [-0.25, -0.2) is 12.1 Å². The van der Waals surface area contributed by atoms with E-state index < -0.39 is 18.9 Å². The van der Waals surface area contributed by atoms with Crippen molar-refractivity contribution in [3.8, 4) is 0 Å². The summed E-state index contributed by atoms with van der Waals surface area (Å²) in [5.41, 5.74) is 5.32. The minimum Gasteiger partial charge on any atom is -0.214 e. The van der Waals surface area contributed by atoms with Crippen LogP contribution in [0.3, 0.4) is 0 Å². The van der Waals surface area contributed by atoms with Crippen molar-refractivity contribution in [3.63, 3.8) is 0 Å². The van der Waals surface area contributed by atoms with E-state index >= 15 is 0 Å². The molecule has 0 aromatic heterocycles. The van der Waals surface area contributed by atoms with E-state index in [9.17, 15) is 0 Å². The SMILES string of the molecule is CC(C)(C)c1ccc2c(c1)[cH-]c1cc(C(C)(C)C)ccc12.Clc1cccc2c([C](c3cccc4c(Cl)cccc34)=[Zr]([Cl])[Cl])cccc12.c1cc[cH-]c1. The van der Waals surface area contributed by atoms with E-state index in [0.717, 1.165) is 45.9 Å². The van der Waals surface area contributed by atoms with E-state index in [1.165, 1.54) is 32.7 Å². The molecule has 0 N–H and O–H groups in total. The zero-order chi connectivity index (χ0) is 37.2. The van der Waals surface area contributed by atoms with Crippen molar-refractivity contribution >= 4 is 86.5 Å². The smallest absolute Gasteiger partial charge is 0.172 e. The summed E-state index contributed by atoms with van der Waals surface area (Å²) in [4.78, 5) is 0. The number of benzene rings is 6. The molecule has 0 aliphatic carbocycles. The molecule has 8 aromatic rings. The van der Waals surface area contributed by atoms with E-state index in [1.54, 1.807) is 0 Å². The average Bonchev–Trinajstić information content (AvgIpc) is 3.80. The van der Waals surface area contributed by atoms with Crippen molar-refractivity contribution in [3.05, 3.63) is 178 Å². The van der Waals surface area contributed by atoms with Crippen molar-refractivity contribution in [2.24, 2.45) is 0 Å². The van der Waals surface area contributed by atoms with Crippen LogP contribution in [0.2, 0.25) is 10.0 Å². The number of fused-ring (bicyclic) bond motifs is 5. The van der Waals surface area contributed by atoms with Crippen LogP contribution in [0, 0.1) is 0 Å². The molecule has 0 saturated carbocycles. The zero-order valence-electron chi connectivity index (χ0n) is 30.4. The number of halogens is 4. The molecular formula is C47H42Cl4Zr-2. The molecular weight excluding hydrogens is 798 g/mol. The predicted molar refractivity (Wildman–Crippen MR) is 229 cm³/mol. The van der Waals surface area contributed by atoms with Gasteiger partial charge in [-0.2, -0.15) is 18.2 Å². The Kier molecular flexibility index (Phi) is 12.0. The van der Waals surface area contributed by atoms with Gasteiger partial charge in [0.2, 0.25) is 0 Å². The zero-order valence-corrected chi connectivity index (χ0v) is 35.9. The maximum atomic E-state index is 6.65. The van der Waals surface area contributed by atoms with Crippen LogP contribution in [-0.4, -0.2) is 3.21 Å². The maximum Gasteiger partial charge on any atom is -0.172 e. The van der Waals surface area contributed by atoms with Crippen LogP contribution in [0.25, 0.3) is 43.1 Å². The monoisotopic (exact) mass is 836 g/mol. The Morgan fingerprint density at radius 2 is 0.885 bits per heavy atom. The van der Waals surface area contributed by atoms with Crippen molar-refractivity contribution in [1.82, 2.24) is 0 Å². The third-order valence-corrected chi connectivity index (χ3v) is 14.6. The minimum absolute atomic E-state index is 0.203. The summed E-state index contributed by atoms with van der Waals surface area (Å²) in [6, 6.07) is 50.2. The van der Waals surface area contributed by atoms with Gasteiger partial charge in [0.25, 0.3) is 0 Å². The summed E-state index contributed by atoms with van der Waals surface area (Å²) in [5, 5.41) is 11.0. The summed E-state index contributed by atoms with van der Waals surface area (Å²) >= 11 is 9.96. The minimum atomic E-state index is -2.84. The van der Waals surface area contributed by atoms with E-state index in [1.807, 2.05) is 78.9 Å². The van der Waals surface area contributed by atoms with Crippen LogP contribution < -0.4 is 0 Å². The summed E-state index contributed by atoms with van der Waals surface area (Å²) in [7, 11) is 13.3. The van der Waals surface area contributed by atoms with Crippen LogP contribution in [-0.2, 0) is 29.7 Å². The van der Waals surface area contributed by atoms with Gasteiger partial charge in [-0.1, -0.05) is 76.9 Å². The van der Waals surface area contributed by atoms with Gasteiger partial charge in [-0.3, -0.25) is 0 Å². The standard InChI is InChI=1S/C21H12Cl2.C21H25.C5H5.2ClH.Zr/c22-20-11-3-7-16-14(5-1-9-18(16)20)13-15-6-2-10-19-17(15)8-4-12-21(19)23;1-20(2,3)16-7-9-18-14(12-16)11-15-13-17(21(4,5)6)8-10-19(15)18;1-2-4-5-3-1;;;/h1-12H;7-13H,1-6H3;1-5H;2*1H;/q;2*-1;;;+2/p-2. The van der Waals surface area contributed by atoms with Gasteiger partial charge in [0.05, 0.1) is 0 Å². The van der Waals surface area contributed by atoms with Gasteiger partial charge in [0, 0.05) is 0 Å². The van der Waals surface area contributed by atoms with Crippen molar-refractivity contribution in [2.75, 3.05) is 0 Å². The first-order valence-electron chi connectivity index (χ1n) is 17.5. The average molecular weight is 840 g/mol. The fraction of sp³-hybridized carbons (Fsp3) is 0.170. The Morgan fingerprint density at radius 1 is 0.481 bits per heavy atom. The van der Waals surface area contributed by atoms with Gasteiger partial charge >= 0.3 is 178 Å². The Labute approximate surface area is 332 Å². The molecule has 0 bridgehead atoms. The number of hydrogen-bond donors (Lipinski definition) is 0. The van der Waals surface area contributed by atoms with Gasteiger partial charge in [-0.05, 0) is 10.8 Å². The van der Waals surface area contributed by atoms with Crippen LogP contribution in [0.1, 0.15) is 63.8 Å². The summed E-state index contributed by atoms with van der Waals surface area (Å²) in [5.74, 6) is 0. The van der Waals surface area contributed by atoms with Crippen LogP contribution >= 0.6 is 40.2 Å². The number of rotatable bonds is 2. The van der Waals surface area contributed by atoms with E-state index in [0.29, 0.717) is 0 Å². The Hall–Kier alpha value is -3.03. The molecule has 0 heterocycles. The Morgan fingerprint density at radius 3 is 1.25 bits per heavy atom. The molecule has 52 heavy (non-hydrogen) atoms. The third kappa shape index (κ3) is 8.52. The molecule has 0 atom stereocenters. The predicted octanol–water partition coefficient (Wildman–Crippen LogP) is 15.5. The normalized spacial score (nSPS) is 11.7. The first kappa shape index (κ1) is 38.7. The molecule has 5 heteroatoms. The van der Waals surface area contributed by atoms with Gasteiger partial charge in [0.1, 0.15) is 0 Å². The molecule has 8 rings (SSSR count).